The minimum absolute atomic E-state index is 0.0885. The molecule has 2 nitrogen and oxygen atoms in total. The maximum absolute atomic E-state index is 5.82. The summed E-state index contributed by atoms with van der Waals surface area (Å²) in [7, 11) is 0. The second-order valence-electron chi connectivity index (χ2n) is 3.36. The molecule has 1 aromatic rings. The van der Waals surface area contributed by atoms with Crippen molar-refractivity contribution in [2.45, 2.75) is 26.8 Å². The normalized spacial score (nSPS) is 13.0. The van der Waals surface area contributed by atoms with Crippen LogP contribution in [-0.2, 0) is 0 Å². The average Bonchev–Trinajstić information content (AvgIpc) is 1.82. The van der Waals surface area contributed by atoms with Crippen LogP contribution in [0.4, 0.5) is 5.69 Å². The summed E-state index contributed by atoms with van der Waals surface area (Å²) in [6, 6.07) is 4.02. The lowest BCUT2D eigenvalue weighted by Crippen LogP contribution is -2.09. The van der Waals surface area contributed by atoms with Gasteiger partial charge in [-0.25, -0.2) is 0 Å². The van der Waals surface area contributed by atoms with Crippen molar-refractivity contribution in [2.75, 3.05) is 5.73 Å². The Bertz CT molecular complexity index is 267. The van der Waals surface area contributed by atoms with Gasteiger partial charge in [-0.15, -0.1) is 0 Å². The molecule has 0 spiro atoms. The molecule has 1 atom stereocenters. The van der Waals surface area contributed by atoms with Crippen molar-refractivity contribution in [1.29, 1.82) is 0 Å². The Hall–Kier alpha value is -1.02. The highest BCUT2D eigenvalue weighted by molar-refractivity contribution is 5.49. The topological polar surface area (TPSA) is 52.0 Å². The Morgan fingerprint density at radius 3 is 1.92 bits per heavy atom. The van der Waals surface area contributed by atoms with Crippen LogP contribution in [0.5, 0.6) is 0 Å². The molecule has 0 bridgehead atoms. The first-order valence-electron chi connectivity index (χ1n) is 4.14. The van der Waals surface area contributed by atoms with Crippen LogP contribution >= 0.6 is 0 Å². The van der Waals surface area contributed by atoms with Crippen molar-refractivity contribution in [3.8, 4) is 0 Å². The molecule has 1 aromatic carbocycles. The molecule has 4 N–H and O–H groups in total. The smallest absolute Gasteiger partial charge is 0.0319 e. The molecule has 0 fully saturated rings. The Balaban J connectivity index is 3.28. The van der Waals surface area contributed by atoms with Crippen LogP contribution in [0.2, 0.25) is 0 Å². The number of rotatable bonds is 1. The van der Waals surface area contributed by atoms with Crippen molar-refractivity contribution in [3.05, 3.63) is 28.8 Å². The van der Waals surface area contributed by atoms with Gasteiger partial charge in [0.2, 0.25) is 0 Å². The highest BCUT2D eigenvalue weighted by Crippen LogP contribution is 2.22. The van der Waals surface area contributed by atoms with Crippen molar-refractivity contribution in [3.63, 3.8) is 0 Å². The maximum atomic E-state index is 5.82. The van der Waals surface area contributed by atoms with E-state index in [1.54, 1.807) is 0 Å². The molecule has 0 aliphatic rings. The lowest BCUT2D eigenvalue weighted by Gasteiger charge is -2.13. The van der Waals surface area contributed by atoms with E-state index in [9.17, 15) is 0 Å². The fraction of sp³-hybridized carbons (Fsp3) is 0.400. The monoisotopic (exact) mass is 164 g/mol. The SMILES string of the molecule is Cc1cc(N)cc(C)c1C(C)N. The number of benzene rings is 1. The van der Waals surface area contributed by atoms with Crippen LogP contribution in [0, 0.1) is 13.8 Å². The zero-order valence-electron chi connectivity index (χ0n) is 7.89. The van der Waals surface area contributed by atoms with Crippen molar-refractivity contribution in [2.24, 2.45) is 5.73 Å². The summed E-state index contributed by atoms with van der Waals surface area (Å²) < 4.78 is 0. The van der Waals surface area contributed by atoms with Gasteiger partial charge >= 0.3 is 0 Å². The summed E-state index contributed by atoms with van der Waals surface area (Å²) in [4.78, 5) is 0. The minimum atomic E-state index is 0.0885. The van der Waals surface area contributed by atoms with Gasteiger partial charge in [0, 0.05) is 11.7 Å². The van der Waals surface area contributed by atoms with Gasteiger partial charge in [-0.3, -0.25) is 0 Å². The van der Waals surface area contributed by atoms with Crippen LogP contribution in [-0.4, -0.2) is 0 Å². The van der Waals surface area contributed by atoms with E-state index in [0.717, 1.165) is 5.69 Å². The highest BCUT2D eigenvalue weighted by Gasteiger charge is 2.07. The Morgan fingerprint density at radius 1 is 1.17 bits per heavy atom. The molecule has 0 saturated carbocycles. The number of nitrogen functional groups attached to an aromatic ring is 1. The molecule has 1 rings (SSSR count). The van der Waals surface area contributed by atoms with Crippen molar-refractivity contribution < 1.29 is 0 Å². The largest absolute Gasteiger partial charge is 0.399 e. The molecule has 12 heavy (non-hydrogen) atoms. The fourth-order valence-corrected chi connectivity index (χ4v) is 1.73. The van der Waals surface area contributed by atoms with Gasteiger partial charge < -0.3 is 11.5 Å². The highest BCUT2D eigenvalue weighted by atomic mass is 14.6. The van der Waals surface area contributed by atoms with Gasteiger partial charge in [0.1, 0.15) is 0 Å². The van der Waals surface area contributed by atoms with Crippen molar-refractivity contribution in [1.82, 2.24) is 0 Å². The number of hydrogen-bond acceptors (Lipinski definition) is 2. The molecule has 0 amide bonds. The minimum Gasteiger partial charge on any atom is -0.399 e. The Morgan fingerprint density at radius 2 is 1.58 bits per heavy atom. The van der Waals surface area contributed by atoms with Gasteiger partial charge in [0.05, 0.1) is 0 Å². The van der Waals surface area contributed by atoms with E-state index in [1.165, 1.54) is 16.7 Å². The fourth-order valence-electron chi connectivity index (χ4n) is 1.73. The molecular formula is C10H16N2. The first kappa shape index (κ1) is 9.07. The summed E-state index contributed by atoms with van der Waals surface area (Å²) in [5, 5.41) is 0. The Kier molecular flexibility index (Phi) is 2.38. The van der Waals surface area contributed by atoms with Crippen LogP contribution in [0.15, 0.2) is 12.1 Å². The van der Waals surface area contributed by atoms with Gasteiger partial charge in [-0.1, -0.05) is 0 Å². The third-order valence-electron chi connectivity index (χ3n) is 2.07. The summed E-state index contributed by atoms with van der Waals surface area (Å²) in [6.45, 7) is 6.08. The molecule has 2 heteroatoms. The van der Waals surface area contributed by atoms with Gasteiger partial charge in [-0.2, -0.15) is 0 Å². The molecular weight excluding hydrogens is 148 g/mol. The van der Waals surface area contributed by atoms with Crippen molar-refractivity contribution >= 4 is 5.69 Å². The molecule has 0 aromatic heterocycles. The molecule has 0 aliphatic carbocycles. The number of nitrogens with two attached hydrogens (primary N) is 2. The van der Waals surface area contributed by atoms with Crippen LogP contribution < -0.4 is 11.5 Å². The first-order valence-corrected chi connectivity index (χ1v) is 4.14. The first-order chi connectivity index (χ1) is 5.52. The van der Waals surface area contributed by atoms with Crippen LogP contribution in [0.25, 0.3) is 0 Å². The summed E-state index contributed by atoms with van der Waals surface area (Å²) in [5.74, 6) is 0. The average molecular weight is 164 g/mol. The molecule has 0 saturated heterocycles. The molecule has 0 radical (unpaired) electrons. The zero-order chi connectivity index (χ0) is 9.30. The number of hydrogen-bond donors (Lipinski definition) is 2. The standard InChI is InChI=1S/C10H16N2/c1-6-4-9(12)5-7(2)10(6)8(3)11/h4-5,8H,11-12H2,1-3H3. The molecule has 66 valence electrons. The predicted molar refractivity (Wildman–Crippen MR) is 52.9 cm³/mol. The summed E-state index contributed by atoms with van der Waals surface area (Å²) >= 11 is 0. The van der Waals surface area contributed by atoms with E-state index in [4.69, 9.17) is 11.5 Å². The van der Waals surface area contributed by atoms with E-state index in [1.807, 2.05) is 32.9 Å². The van der Waals surface area contributed by atoms with Gasteiger partial charge in [0.15, 0.2) is 0 Å². The van der Waals surface area contributed by atoms with Gasteiger partial charge in [0.25, 0.3) is 0 Å². The van der Waals surface area contributed by atoms with E-state index in [2.05, 4.69) is 0 Å². The van der Waals surface area contributed by atoms with E-state index in [-0.39, 0.29) is 6.04 Å². The van der Waals surface area contributed by atoms with E-state index in [0.29, 0.717) is 0 Å². The maximum Gasteiger partial charge on any atom is 0.0319 e. The lowest BCUT2D eigenvalue weighted by atomic mass is 9.97. The molecule has 0 aliphatic heterocycles. The third kappa shape index (κ3) is 1.59. The molecule has 0 heterocycles. The number of anilines is 1. The lowest BCUT2D eigenvalue weighted by molar-refractivity contribution is 0.802. The third-order valence-corrected chi connectivity index (χ3v) is 2.07. The summed E-state index contributed by atoms with van der Waals surface area (Å²) in [6.07, 6.45) is 0. The second-order valence-corrected chi connectivity index (χ2v) is 3.36. The van der Waals surface area contributed by atoms with E-state index >= 15 is 0 Å². The van der Waals surface area contributed by atoms with E-state index < -0.39 is 0 Å². The Labute approximate surface area is 73.6 Å². The van der Waals surface area contributed by atoms with Crippen LogP contribution in [0.1, 0.15) is 29.7 Å². The quantitative estimate of drug-likeness (QED) is 0.623. The second kappa shape index (κ2) is 3.15. The van der Waals surface area contributed by atoms with Gasteiger partial charge in [-0.05, 0) is 49.6 Å². The van der Waals surface area contributed by atoms with Crippen LogP contribution in [0.3, 0.4) is 0 Å². The summed E-state index contributed by atoms with van der Waals surface area (Å²) in [5.41, 5.74) is 15.9. The molecule has 1 unspecified atom stereocenters. The number of aryl methyl sites for hydroxylation is 2. The predicted octanol–water partition coefficient (Wildman–Crippen LogP) is 1.91. The zero-order valence-corrected chi connectivity index (χ0v) is 7.89.